The molecule has 14 heavy (non-hydrogen) atoms. The summed E-state index contributed by atoms with van der Waals surface area (Å²) in [4.78, 5) is 0. The lowest BCUT2D eigenvalue weighted by Gasteiger charge is -2.19. The zero-order chi connectivity index (χ0) is 9.97. The molecule has 2 heteroatoms. The average Bonchev–Trinajstić information content (AvgIpc) is 2.27. The molecule has 1 aliphatic carbocycles. The van der Waals surface area contributed by atoms with Crippen LogP contribution in [0.4, 0.5) is 0 Å². The van der Waals surface area contributed by atoms with E-state index >= 15 is 0 Å². The van der Waals surface area contributed by atoms with Gasteiger partial charge in [-0.3, -0.25) is 0 Å². The maximum absolute atomic E-state index is 5.72. The van der Waals surface area contributed by atoms with Gasteiger partial charge in [0.25, 0.3) is 0 Å². The Kier molecular flexibility index (Phi) is 2.55. The van der Waals surface area contributed by atoms with Gasteiger partial charge in [-0.2, -0.15) is 0 Å². The van der Waals surface area contributed by atoms with Gasteiger partial charge >= 0.3 is 0 Å². The van der Waals surface area contributed by atoms with Gasteiger partial charge in [-0.25, -0.2) is 0 Å². The van der Waals surface area contributed by atoms with Crippen LogP contribution in [-0.2, 0) is 6.42 Å². The summed E-state index contributed by atoms with van der Waals surface area (Å²) in [5, 5.41) is 0. The molecule has 0 fully saturated rings. The Morgan fingerprint density at radius 2 is 2.29 bits per heavy atom. The lowest BCUT2D eigenvalue weighted by Crippen LogP contribution is -2.09. The molecule has 0 amide bonds. The van der Waals surface area contributed by atoms with Gasteiger partial charge in [0.1, 0.15) is 5.75 Å². The molecule has 0 aliphatic heterocycles. The fourth-order valence-electron chi connectivity index (χ4n) is 2.01. The molecular formula is C12H15NO. The average molecular weight is 189 g/mol. The standard InChI is InChI=1S/C12H15NO/c1-14-11-7-3-5-9-4-2-6-10(8-13)12(9)11/h3,5-7H,2,4,8,13H2,1H3. The summed E-state index contributed by atoms with van der Waals surface area (Å²) in [5.41, 5.74) is 9.50. The molecule has 0 atom stereocenters. The smallest absolute Gasteiger partial charge is 0.126 e. The molecule has 0 bridgehead atoms. The first-order valence-corrected chi connectivity index (χ1v) is 4.92. The SMILES string of the molecule is COc1cccc2c1C(CN)=CCC2. The van der Waals surface area contributed by atoms with E-state index in [1.54, 1.807) is 7.11 Å². The third-order valence-corrected chi connectivity index (χ3v) is 2.68. The number of fused-ring (bicyclic) bond motifs is 1. The molecule has 0 unspecified atom stereocenters. The van der Waals surface area contributed by atoms with Crippen LogP contribution < -0.4 is 10.5 Å². The normalized spacial score (nSPS) is 14.6. The number of benzene rings is 1. The highest BCUT2D eigenvalue weighted by Gasteiger charge is 2.15. The largest absolute Gasteiger partial charge is 0.496 e. The Morgan fingerprint density at radius 3 is 3.00 bits per heavy atom. The minimum Gasteiger partial charge on any atom is -0.496 e. The monoisotopic (exact) mass is 189 g/mol. The zero-order valence-corrected chi connectivity index (χ0v) is 8.42. The summed E-state index contributed by atoms with van der Waals surface area (Å²) < 4.78 is 5.35. The highest BCUT2D eigenvalue weighted by molar-refractivity contribution is 5.75. The highest BCUT2D eigenvalue weighted by Crippen LogP contribution is 2.33. The number of nitrogens with two attached hydrogens (primary N) is 1. The van der Waals surface area contributed by atoms with Gasteiger partial charge in [-0.1, -0.05) is 18.2 Å². The third-order valence-electron chi connectivity index (χ3n) is 2.68. The van der Waals surface area contributed by atoms with Gasteiger partial charge in [0, 0.05) is 12.1 Å². The number of hydrogen-bond acceptors (Lipinski definition) is 2. The fraction of sp³-hybridized carbons (Fsp3) is 0.333. The molecular weight excluding hydrogens is 174 g/mol. The Morgan fingerprint density at radius 1 is 1.43 bits per heavy atom. The summed E-state index contributed by atoms with van der Waals surface area (Å²) in [5.74, 6) is 0.943. The highest BCUT2D eigenvalue weighted by atomic mass is 16.5. The predicted molar refractivity (Wildman–Crippen MR) is 58.3 cm³/mol. The van der Waals surface area contributed by atoms with Crippen molar-refractivity contribution in [3.63, 3.8) is 0 Å². The van der Waals surface area contributed by atoms with Crippen LogP contribution in [0.3, 0.4) is 0 Å². The van der Waals surface area contributed by atoms with Crippen molar-refractivity contribution >= 4 is 5.57 Å². The Bertz CT molecular complexity index is 369. The maximum Gasteiger partial charge on any atom is 0.126 e. The van der Waals surface area contributed by atoms with Crippen LogP contribution in [0, 0.1) is 0 Å². The van der Waals surface area contributed by atoms with Crippen LogP contribution in [0.25, 0.3) is 5.57 Å². The van der Waals surface area contributed by atoms with Gasteiger partial charge < -0.3 is 10.5 Å². The van der Waals surface area contributed by atoms with Crippen LogP contribution in [-0.4, -0.2) is 13.7 Å². The lowest BCUT2D eigenvalue weighted by molar-refractivity contribution is 0.412. The lowest BCUT2D eigenvalue weighted by atomic mass is 9.90. The molecule has 0 heterocycles. The molecule has 0 saturated carbocycles. The van der Waals surface area contributed by atoms with Crippen molar-refractivity contribution in [2.24, 2.45) is 5.73 Å². The summed E-state index contributed by atoms with van der Waals surface area (Å²) in [6.07, 6.45) is 4.40. The van der Waals surface area contributed by atoms with E-state index in [4.69, 9.17) is 10.5 Å². The summed E-state index contributed by atoms with van der Waals surface area (Å²) >= 11 is 0. The number of ether oxygens (including phenoxy) is 1. The Labute approximate surface area is 84.4 Å². The molecule has 0 aromatic heterocycles. The maximum atomic E-state index is 5.72. The fourth-order valence-corrected chi connectivity index (χ4v) is 2.01. The number of hydrogen-bond donors (Lipinski definition) is 1. The van der Waals surface area contributed by atoms with Crippen LogP contribution in [0.2, 0.25) is 0 Å². The summed E-state index contributed by atoms with van der Waals surface area (Å²) in [7, 11) is 1.71. The van der Waals surface area contributed by atoms with E-state index in [9.17, 15) is 0 Å². The van der Waals surface area contributed by atoms with E-state index in [2.05, 4.69) is 12.1 Å². The molecule has 74 valence electrons. The molecule has 0 saturated heterocycles. The van der Waals surface area contributed by atoms with Gasteiger partial charge in [-0.15, -0.1) is 0 Å². The number of methoxy groups -OCH3 is 1. The van der Waals surface area contributed by atoms with E-state index in [0.29, 0.717) is 6.54 Å². The van der Waals surface area contributed by atoms with Crippen LogP contribution in [0.5, 0.6) is 5.75 Å². The second kappa shape index (κ2) is 3.84. The van der Waals surface area contributed by atoms with Gasteiger partial charge in [0.15, 0.2) is 0 Å². The molecule has 2 rings (SSSR count). The van der Waals surface area contributed by atoms with E-state index in [-0.39, 0.29) is 0 Å². The van der Waals surface area contributed by atoms with Crippen molar-refractivity contribution in [2.45, 2.75) is 12.8 Å². The first-order valence-electron chi connectivity index (χ1n) is 4.92. The minimum atomic E-state index is 0.591. The van der Waals surface area contributed by atoms with Gasteiger partial charge in [-0.05, 0) is 30.0 Å². The molecule has 2 nitrogen and oxygen atoms in total. The van der Waals surface area contributed by atoms with Crippen molar-refractivity contribution in [2.75, 3.05) is 13.7 Å². The van der Waals surface area contributed by atoms with E-state index in [1.807, 2.05) is 12.1 Å². The second-order valence-electron chi connectivity index (χ2n) is 3.47. The van der Waals surface area contributed by atoms with Crippen LogP contribution in [0.1, 0.15) is 17.5 Å². The minimum absolute atomic E-state index is 0.591. The quantitative estimate of drug-likeness (QED) is 0.772. The molecule has 0 spiro atoms. The van der Waals surface area contributed by atoms with Gasteiger partial charge in [0.2, 0.25) is 0 Å². The second-order valence-corrected chi connectivity index (χ2v) is 3.47. The van der Waals surface area contributed by atoms with Crippen molar-refractivity contribution in [1.29, 1.82) is 0 Å². The summed E-state index contributed by atoms with van der Waals surface area (Å²) in [6, 6.07) is 6.19. The van der Waals surface area contributed by atoms with Crippen molar-refractivity contribution < 1.29 is 4.74 Å². The van der Waals surface area contributed by atoms with Gasteiger partial charge in [0.05, 0.1) is 7.11 Å². The van der Waals surface area contributed by atoms with E-state index in [0.717, 1.165) is 18.6 Å². The molecule has 1 aliphatic rings. The van der Waals surface area contributed by atoms with Crippen molar-refractivity contribution in [3.8, 4) is 5.75 Å². The Balaban J connectivity index is 2.55. The molecule has 0 radical (unpaired) electrons. The van der Waals surface area contributed by atoms with E-state index in [1.165, 1.54) is 16.7 Å². The third kappa shape index (κ3) is 1.42. The molecule has 1 aromatic carbocycles. The number of aryl methyl sites for hydroxylation is 1. The molecule has 1 aromatic rings. The van der Waals surface area contributed by atoms with Crippen molar-refractivity contribution in [1.82, 2.24) is 0 Å². The predicted octanol–water partition coefficient (Wildman–Crippen LogP) is 1.98. The first kappa shape index (κ1) is 9.28. The summed E-state index contributed by atoms with van der Waals surface area (Å²) in [6.45, 7) is 0.591. The van der Waals surface area contributed by atoms with E-state index < -0.39 is 0 Å². The topological polar surface area (TPSA) is 35.2 Å². The Hall–Kier alpha value is -1.28. The number of rotatable bonds is 2. The molecule has 2 N–H and O–H groups in total. The van der Waals surface area contributed by atoms with Crippen molar-refractivity contribution in [3.05, 3.63) is 35.4 Å². The zero-order valence-electron chi connectivity index (χ0n) is 8.42. The first-order chi connectivity index (χ1) is 6.86. The number of allylic oxidation sites excluding steroid dienone is 1. The van der Waals surface area contributed by atoms with Crippen LogP contribution in [0.15, 0.2) is 24.3 Å². The van der Waals surface area contributed by atoms with Crippen LogP contribution >= 0.6 is 0 Å².